The number of nitrogens with zero attached hydrogens (tertiary/aromatic N) is 1. The van der Waals surface area contributed by atoms with Crippen molar-refractivity contribution in [3.05, 3.63) is 65.2 Å². The molecule has 0 saturated carbocycles. The van der Waals surface area contributed by atoms with Crippen LogP contribution in [0.15, 0.2) is 48.5 Å². The Labute approximate surface area is 203 Å². The van der Waals surface area contributed by atoms with E-state index in [1.165, 1.54) is 12.1 Å². The first-order valence-electron chi connectivity index (χ1n) is 11.7. The summed E-state index contributed by atoms with van der Waals surface area (Å²) in [5.41, 5.74) is 1.01. The van der Waals surface area contributed by atoms with E-state index in [2.05, 4.69) is 10.6 Å². The zero-order chi connectivity index (χ0) is 25.4. The first kappa shape index (κ1) is 26.5. The van der Waals surface area contributed by atoms with Crippen LogP contribution in [-0.4, -0.2) is 43.5 Å². The smallest absolute Gasteiger partial charge is 0.416 e. The van der Waals surface area contributed by atoms with E-state index in [0.29, 0.717) is 26.1 Å². The summed E-state index contributed by atoms with van der Waals surface area (Å²) in [6.45, 7) is 1.25. The average Bonchev–Trinajstić information content (AvgIpc) is 2.91. The molecule has 2 N–H and O–H groups in total. The molecular weight excluding hydrogens is 459 g/mol. The SMILES string of the molecule is COc1ccc(CNC(=O)[C@@H]2CCC[C@@H](NCc3ccc(C(F)(F)F)cc3)CN(C)C(=O)C2)cc1. The summed E-state index contributed by atoms with van der Waals surface area (Å²) in [6.07, 6.45) is -2.11. The van der Waals surface area contributed by atoms with Crippen molar-refractivity contribution in [1.29, 1.82) is 0 Å². The molecule has 1 fully saturated rings. The van der Waals surface area contributed by atoms with E-state index in [-0.39, 0.29) is 24.3 Å². The summed E-state index contributed by atoms with van der Waals surface area (Å²) in [5.74, 6) is 0.0971. The largest absolute Gasteiger partial charge is 0.497 e. The highest BCUT2D eigenvalue weighted by Gasteiger charge is 2.30. The highest BCUT2D eigenvalue weighted by molar-refractivity contribution is 5.85. The summed E-state index contributed by atoms with van der Waals surface area (Å²) in [4.78, 5) is 27.2. The summed E-state index contributed by atoms with van der Waals surface area (Å²) in [6, 6.07) is 12.5. The molecule has 0 bridgehead atoms. The number of alkyl halides is 3. The minimum absolute atomic E-state index is 0.0210. The Morgan fingerprint density at radius 2 is 1.66 bits per heavy atom. The molecule has 6 nitrogen and oxygen atoms in total. The van der Waals surface area contributed by atoms with Crippen molar-refractivity contribution >= 4 is 11.8 Å². The van der Waals surface area contributed by atoms with Gasteiger partial charge in [-0.2, -0.15) is 13.2 Å². The fourth-order valence-electron chi connectivity index (χ4n) is 4.14. The van der Waals surface area contributed by atoms with Crippen molar-refractivity contribution in [3.63, 3.8) is 0 Å². The maximum absolute atomic E-state index is 12.8. The van der Waals surface area contributed by atoms with Gasteiger partial charge in [-0.3, -0.25) is 9.59 Å². The number of benzene rings is 2. The molecule has 1 saturated heterocycles. The van der Waals surface area contributed by atoms with Gasteiger partial charge in [0.15, 0.2) is 0 Å². The lowest BCUT2D eigenvalue weighted by Gasteiger charge is -2.24. The number of methoxy groups -OCH3 is 1. The van der Waals surface area contributed by atoms with Crippen LogP contribution in [0.2, 0.25) is 0 Å². The van der Waals surface area contributed by atoms with E-state index in [1.54, 1.807) is 19.1 Å². The summed E-state index contributed by atoms with van der Waals surface area (Å²) in [7, 11) is 3.31. The zero-order valence-electron chi connectivity index (χ0n) is 20.0. The van der Waals surface area contributed by atoms with Crippen LogP contribution < -0.4 is 15.4 Å². The molecule has 0 unspecified atom stereocenters. The minimum Gasteiger partial charge on any atom is -0.497 e. The molecule has 0 aromatic heterocycles. The van der Waals surface area contributed by atoms with Crippen molar-refractivity contribution in [2.45, 2.75) is 51.0 Å². The second-order valence-electron chi connectivity index (χ2n) is 8.94. The van der Waals surface area contributed by atoms with Crippen molar-refractivity contribution in [2.24, 2.45) is 5.92 Å². The molecule has 0 spiro atoms. The van der Waals surface area contributed by atoms with Gasteiger partial charge in [0.25, 0.3) is 0 Å². The topological polar surface area (TPSA) is 70.7 Å². The summed E-state index contributed by atoms with van der Waals surface area (Å²) >= 11 is 0. The second-order valence-corrected chi connectivity index (χ2v) is 8.94. The van der Waals surface area contributed by atoms with Crippen LogP contribution in [0.5, 0.6) is 5.75 Å². The molecule has 9 heteroatoms. The molecule has 35 heavy (non-hydrogen) atoms. The number of amides is 2. The van der Waals surface area contributed by atoms with Crippen molar-refractivity contribution in [1.82, 2.24) is 15.5 Å². The highest BCUT2D eigenvalue weighted by atomic mass is 19.4. The monoisotopic (exact) mass is 491 g/mol. The molecule has 2 atom stereocenters. The number of carbonyl (C=O) groups excluding carboxylic acids is 2. The van der Waals surface area contributed by atoms with Gasteiger partial charge in [-0.25, -0.2) is 0 Å². The van der Waals surface area contributed by atoms with Gasteiger partial charge in [-0.05, 0) is 48.2 Å². The number of carbonyl (C=O) groups is 2. The molecule has 0 radical (unpaired) electrons. The quantitative estimate of drug-likeness (QED) is 0.611. The molecule has 2 aromatic carbocycles. The Hall–Kier alpha value is -3.07. The predicted molar refractivity (Wildman–Crippen MR) is 127 cm³/mol. The molecule has 1 heterocycles. The molecule has 2 amide bonds. The van der Waals surface area contributed by atoms with Crippen molar-refractivity contribution in [3.8, 4) is 5.75 Å². The number of hydrogen-bond donors (Lipinski definition) is 2. The first-order valence-corrected chi connectivity index (χ1v) is 11.7. The van der Waals surface area contributed by atoms with Gasteiger partial charge in [0, 0.05) is 45.1 Å². The fourth-order valence-corrected chi connectivity index (χ4v) is 4.14. The Morgan fingerprint density at radius 1 is 1.03 bits per heavy atom. The van der Waals surface area contributed by atoms with Crippen LogP contribution in [0.3, 0.4) is 0 Å². The van der Waals surface area contributed by atoms with Crippen molar-refractivity contribution < 1.29 is 27.5 Å². The minimum atomic E-state index is -4.36. The molecule has 0 aliphatic carbocycles. The predicted octanol–water partition coefficient (Wildman–Crippen LogP) is 4.14. The lowest BCUT2D eigenvalue weighted by atomic mass is 9.96. The Balaban J connectivity index is 1.53. The lowest BCUT2D eigenvalue weighted by molar-refractivity contribution is -0.137. The number of rotatable bonds is 7. The van der Waals surface area contributed by atoms with E-state index in [9.17, 15) is 22.8 Å². The third-order valence-corrected chi connectivity index (χ3v) is 6.32. The maximum Gasteiger partial charge on any atom is 0.416 e. The van der Waals surface area contributed by atoms with Gasteiger partial charge in [-0.1, -0.05) is 30.7 Å². The van der Waals surface area contributed by atoms with Crippen LogP contribution >= 0.6 is 0 Å². The zero-order valence-corrected chi connectivity index (χ0v) is 20.0. The van der Waals surface area contributed by atoms with Gasteiger partial charge in [0.05, 0.1) is 12.7 Å². The van der Waals surface area contributed by atoms with E-state index >= 15 is 0 Å². The first-order chi connectivity index (χ1) is 16.7. The Morgan fingerprint density at radius 3 is 2.29 bits per heavy atom. The molecule has 1 aliphatic rings. The van der Waals surface area contributed by atoms with Crippen LogP contribution in [0.4, 0.5) is 13.2 Å². The Kier molecular flexibility index (Phi) is 9.14. The van der Waals surface area contributed by atoms with Gasteiger partial charge in [0.2, 0.25) is 11.8 Å². The van der Waals surface area contributed by atoms with Gasteiger partial charge in [-0.15, -0.1) is 0 Å². The molecule has 3 rings (SSSR count). The molecule has 1 aliphatic heterocycles. The lowest BCUT2D eigenvalue weighted by Crippen LogP contribution is -2.41. The normalized spacial score (nSPS) is 19.5. The summed E-state index contributed by atoms with van der Waals surface area (Å²) in [5, 5.41) is 6.29. The molecular formula is C26H32F3N3O3. The summed E-state index contributed by atoms with van der Waals surface area (Å²) < 4.78 is 43.4. The number of hydrogen-bond acceptors (Lipinski definition) is 4. The average molecular weight is 492 g/mol. The van der Waals surface area contributed by atoms with Crippen LogP contribution in [0.1, 0.15) is 42.4 Å². The molecule has 2 aromatic rings. The highest BCUT2D eigenvalue weighted by Crippen LogP contribution is 2.29. The number of ether oxygens (including phenoxy) is 1. The number of nitrogens with one attached hydrogen (secondary N) is 2. The van der Waals surface area contributed by atoms with E-state index in [1.807, 2.05) is 24.3 Å². The van der Waals surface area contributed by atoms with E-state index in [0.717, 1.165) is 41.9 Å². The maximum atomic E-state index is 12.8. The van der Waals surface area contributed by atoms with E-state index < -0.39 is 17.7 Å². The van der Waals surface area contributed by atoms with Gasteiger partial charge < -0.3 is 20.3 Å². The molecule has 190 valence electrons. The van der Waals surface area contributed by atoms with Crippen LogP contribution in [-0.2, 0) is 28.9 Å². The third-order valence-electron chi connectivity index (χ3n) is 6.32. The van der Waals surface area contributed by atoms with E-state index in [4.69, 9.17) is 4.74 Å². The number of likely N-dealkylation sites (N-methyl/N-ethyl adjacent to an activating group) is 1. The fraction of sp³-hybridized carbons (Fsp3) is 0.462. The Bertz CT molecular complexity index is 978. The van der Waals surface area contributed by atoms with Crippen LogP contribution in [0.25, 0.3) is 0 Å². The second kappa shape index (κ2) is 12.1. The van der Waals surface area contributed by atoms with Gasteiger partial charge in [0.1, 0.15) is 5.75 Å². The third kappa shape index (κ3) is 7.99. The standard InChI is InChI=1S/C26H32F3N3O3/c1-32-17-22(30-15-18-6-10-21(11-7-18)26(27,28)29)5-3-4-20(14-24(32)33)25(34)31-16-19-8-12-23(35-2)13-9-19/h6-13,20,22,30H,3-5,14-17H2,1-2H3,(H,31,34)/t20-,22-/m1/s1. The van der Waals surface area contributed by atoms with Crippen molar-refractivity contribution in [2.75, 3.05) is 20.7 Å². The number of halogens is 3. The van der Waals surface area contributed by atoms with Gasteiger partial charge >= 0.3 is 6.18 Å². The van der Waals surface area contributed by atoms with Crippen LogP contribution in [0, 0.1) is 5.92 Å².